The van der Waals surface area contributed by atoms with Gasteiger partial charge in [-0.2, -0.15) is 0 Å². The van der Waals surface area contributed by atoms with Crippen molar-refractivity contribution in [3.8, 4) is 5.75 Å². The van der Waals surface area contributed by atoms with Crippen LogP contribution < -0.4 is 15.4 Å². The Morgan fingerprint density at radius 1 is 1.00 bits per heavy atom. The molecule has 3 rings (SSSR count). The van der Waals surface area contributed by atoms with E-state index >= 15 is 0 Å². The summed E-state index contributed by atoms with van der Waals surface area (Å²) in [5.41, 5.74) is 1.31. The zero-order valence-electron chi connectivity index (χ0n) is 17.0. The third-order valence-corrected chi connectivity index (χ3v) is 6.66. The number of amides is 2. The minimum Gasteiger partial charge on any atom is -0.497 e. The second-order valence-corrected chi connectivity index (χ2v) is 8.89. The molecule has 0 bridgehead atoms. The van der Waals surface area contributed by atoms with Gasteiger partial charge in [0, 0.05) is 12.2 Å². The fraction of sp³-hybridized carbons (Fsp3) is 0.182. The molecule has 0 saturated heterocycles. The Balaban J connectivity index is 1.72. The summed E-state index contributed by atoms with van der Waals surface area (Å²) < 4.78 is 36.6. The number of aryl methyl sites for hydroxylation is 1. The van der Waals surface area contributed by atoms with E-state index in [-0.39, 0.29) is 17.2 Å². The van der Waals surface area contributed by atoms with E-state index < -0.39 is 26.9 Å². The summed E-state index contributed by atoms with van der Waals surface area (Å²) in [5, 5.41) is 3.64. The number of methoxy groups -OCH3 is 1. The van der Waals surface area contributed by atoms with Crippen molar-refractivity contribution in [3.63, 3.8) is 0 Å². The van der Waals surface area contributed by atoms with Gasteiger partial charge in [-0.15, -0.1) is 0 Å². The summed E-state index contributed by atoms with van der Waals surface area (Å²) in [7, 11) is -2.37. The maximum Gasteiger partial charge on any atom is 0.313 e. The molecule has 0 saturated carbocycles. The fourth-order valence-corrected chi connectivity index (χ4v) is 4.44. The lowest BCUT2D eigenvalue weighted by molar-refractivity contribution is -0.136. The highest BCUT2D eigenvalue weighted by molar-refractivity contribution is 7.91. The lowest BCUT2D eigenvalue weighted by atomic mass is 10.2. The Hall–Kier alpha value is -3.59. The topological polar surface area (TPSA) is 115 Å². The second kappa shape index (κ2) is 9.48. The van der Waals surface area contributed by atoms with Gasteiger partial charge in [-0.05, 0) is 55.5 Å². The van der Waals surface area contributed by atoms with E-state index in [4.69, 9.17) is 9.15 Å². The van der Waals surface area contributed by atoms with Gasteiger partial charge >= 0.3 is 11.8 Å². The molecule has 0 radical (unpaired) electrons. The first kappa shape index (κ1) is 22.1. The fourth-order valence-electron chi connectivity index (χ4n) is 2.86. The smallest absolute Gasteiger partial charge is 0.313 e. The quantitative estimate of drug-likeness (QED) is 0.544. The molecule has 2 N–H and O–H groups in total. The number of nitrogens with one attached hydrogen (secondary N) is 2. The molecular weight excluding hydrogens is 420 g/mol. The molecule has 2 aromatic carbocycles. The molecule has 31 heavy (non-hydrogen) atoms. The number of ether oxygens (including phenoxy) is 1. The minimum absolute atomic E-state index is 0.0939. The molecule has 3 aromatic rings. The normalized spacial score (nSPS) is 12.1. The van der Waals surface area contributed by atoms with Crippen LogP contribution in [0.15, 0.2) is 76.2 Å². The van der Waals surface area contributed by atoms with Gasteiger partial charge in [-0.25, -0.2) is 8.42 Å². The van der Waals surface area contributed by atoms with Gasteiger partial charge in [0.2, 0.25) is 0 Å². The van der Waals surface area contributed by atoms with Crippen molar-refractivity contribution in [2.75, 3.05) is 19.0 Å². The number of rotatable bonds is 7. The molecule has 162 valence electrons. The summed E-state index contributed by atoms with van der Waals surface area (Å²) >= 11 is 0. The summed E-state index contributed by atoms with van der Waals surface area (Å²) in [6.45, 7) is 1.51. The molecule has 0 spiro atoms. The van der Waals surface area contributed by atoms with Crippen LogP contribution in [-0.4, -0.2) is 33.9 Å². The third kappa shape index (κ3) is 5.32. The van der Waals surface area contributed by atoms with Crippen molar-refractivity contribution in [1.29, 1.82) is 0 Å². The van der Waals surface area contributed by atoms with Crippen molar-refractivity contribution < 1.29 is 27.2 Å². The molecule has 0 fully saturated rings. The van der Waals surface area contributed by atoms with Crippen LogP contribution >= 0.6 is 0 Å². The predicted molar refractivity (Wildman–Crippen MR) is 114 cm³/mol. The molecule has 1 atom stereocenters. The molecule has 0 aliphatic heterocycles. The van der Waals surface area contributed by atoms with Gasteiger partial charge < -0.3 is 19.8 Å². The monoisotopic (exact) mass is 442 g/mol. The first-order valence-corrected chi connectivity index (χ1v) is 10.9. The number of furan rings is 1. The lowest BCUT2D eigenvalue weighted by Gasteiger charge is -2.17. The molecule has 1 aromatic heterocycles. The Morgan fingerprint density at radius 2 is 1.68 bits per heavy atom. The zero-order chi connectivity index (χ0) is 22.4. The van der Waals surface area contributed by atoms with Crippen LogP contribution in [0.25, 0.3) is 0 Å². The molecule has 2 amide bonds. The zero-order valence-corrected chi connectivity index (χ0v) is 17.8. The van der Waals surface area contributed by atoms with Crippen LogP contribution in [0.3, 0.4) is 0 Å². The summed E-state index contributed by atoms with van der Waals surface area (Å²) in [5.74, 6) is -1.12. The van der Waals surface area contributed by atoms with Gasteiger partial charge in [-0.3, -0.25) is 9.59 Å². The van der Waals surface area contributed by atoms with Crippen LogP contribution in [0.2, 0.25) is 0 Å². The second-order valence-electron chi connectivity index (χ2n) is 6.75. The average Bonchev–Trinajstić information content (AvgIpc) is 3.28. The first-order valence-electron chi connectivity index (χ1n) is 9.38. The maximum atomic E-state index is 13.2. The Morgan fingerprint density at radius 3 is 2.26 bits per heavy atom. The average molecular weight is 442 g/mol. The SMILES string of the molecule is COc1ccc(NC(=O)C(=O)NC[C@@H](c2ccco2)S(=O)(=O)c2ccc(C)cc2)cc1. The minimum atomic E-state index is -3.88. The molecular formula is C22H22N2O6S. The maximum absolute atomic E-state index is 13.2. The van der Waals surface area contributed by atoms with E-state index in [9.17, 15) is 18.0 Å². The van der Waals surface area contributed by atoms with E-state index in [2.05, 4.69) is 10.6 Å². The van der Waals surface area contributed by atoms with Crippen molar-refractivity contribution in [1.82, 2.24) is 5.32 Å². The molecule has 0 unspecified atom stereocenters. The number of benzene rings is 2. The Bertz CT molecular complexity index is 1140. The highest BCUT2D eigenvalue weighted by Crippen LogP contribution is 2.29. The van der Waals surface area contributed by atoms with Gasteiger partial charge in [0.25, 0.3) is 0 Å². The van der Waals surface area contributed by atoms with Crippen LogP contribution in [0.4, 0.5) is 5.69 Å². The Labute approximate surface area is 180 Å². The number of carbonyl (C=O) groups excluding carboxylic acids is 2. The molecule has 1 heterocycles. The van der Waals surface area contributed by atoms with E-state index in [1.165, 1.54) is 31.6 Å². The van der Waals surface area contributed by atoms with Crippen molar-refractivity contribution in [2.24, 2.45) is 0 Å². The van der Waals surface area contributed by atoms with Crippen LogP contribution in [0.5, 0.6) is 5.75 Å². The highest BCUT2D eigenvalue weighted by atomic mass is 32.2. The van der Waals surface area contributed by atoms with E-state index in [0.717, 1.165) is 5.56 Å². The highest BCUT2D eigenvalue weighted by Gasteiger charge is 2.32. The number of hydrogen-bond acceptors (Lipinski definition) is 6. The van der Waals surface area contributed by atoms with Gasteiger partial charge in [0.1, 0.15) is 16.8 Å². The Kier molecular flexibility index (Phi) is 6.76. The van der Waals surface area contributed by atoms with Crippen molar-refractivity contribution in [3.05, 3.63) is 78.3 Å². The number of anilines is 1. The molecule has 9 heteroatoms. The third-order valence-electron chi connectivity index (χ3n) is 4.59. The van der Waals surface area contributed by atoms with Crippen LogP contribution in [0, 0.1) is 6.92 Å². The number of carbonyl (C=O) groups is 2. The standard InChI is InChI=1S/C22H22N2O6S/c1-15-5-11-18(12-6-15)31(27,28)20(19-4-3-13-30-19)14-23-21(25)22(26)24-16-7-9-17(29-2)10-8-16/h3-13,20H,14H2,1-2H3,(H,23,25)(H,24,26)/t20-/m0/s1. The van der Waals surface area contributed by atoms with Gasteiger partial charge in [0.05, 0.1) is 18.3 Å². The first-order chi connectivity index (χ1) is 14.8. The van der Waals surface area contributed by atoms with Crippen molar-refractivity contribution >= 4 is 27.3 Å². The lowest BCUT2D eigenvalue weighted by Crippen LogP contribution is -2.39. The summed E-state index contributed by atoms with van der Waals surface area (Å²) in [6, 6.07) is 15.9. The molecule has 0 aliphatic carbocycles. The number of hydrogen-bond donors (Lipinski definition) is 2. The molecule has 8 nitrogen and oxygen atoms in total. The predicted octanol–water partition coefficient (Wildman–Crippen LogP) is 2.87. The van der Waals surface area contributed by atoms with Crippen LogP contribution in [0.1, 0.15) is 16.6 Å². The molecule has 0 aliphatic rings. The largest absolute Gasteiger partial charge is 0.497 e. The van der Waals surface area contributed by atoms with E-state index in [1.54, 1.807) is 42.5 Å². The van der Waals surface area contributed by atoms with Gasteiger partial charge in [0.15, 0.2) is 9.84 Å². The summed E-state index contributed by atoms with van der Waals surface area (Å²) in [4.78, 5) is 24.6. The van der Waals surface area contributed by atoms with E-state index in [0.29, 0.717) is 11.4 Å². The van der Waals surface area contributed by atoms with Crippen molar-refractivity contribution in [2.45, 2.75) is 17.1 Å². The van der Waals surface area contributed by atoms with E-state index in [1.807, 2.05) is 6.92 Å². The number of sulfone groups is 1. The summed E-state index contributed by atoms with van der Waals surface area (Å²) in [6.07, 6.45) is 1.35. The van der Waals surface area contributed by atoms with Gasteiger partial charge in [-0.1, -0.05) is 17.7 Å². The van der Waals surface area contributed by atoms with Crippen LogP contribution in [-0.2, 0) is 19.4 Å².